The van der Waals surface area contributed by atoms with Crippen LogP contribution < -0.4 is 0 Å². The number of hydrogen-bond donors (Lipinski definition) is 0. The number of hydrogen-bond acceptors (Lipinski definition) is 4. The normalized spacial score (nSPS) is 20.4. The van der Waals surface area contributed by atoms with Gasteiger partial charge in [-0.15, -0.1) is 0 Å². The van der Waals surface area contributed by atoms with Crippen molar-refractivity contribution >= 4 is 11.7 Å². The van der Waals surface area contributed by atoms with Gasteiger partial charge in [0.25, 0.3) is 0 Å². The summed E-state index contributed by atoms with van der Waals surface area (Å²) < 4.78 is 4.98. The molecule has 1 aliphatic carbocycles. The first kappa shape index (κ1) is 11.0. The maximum absolute atomic E-state index is 11.7. The lowest BCUT2D eigenvalue weighted by Gasteiger charge is -2.20. The first-order chi connectivity index (χ1) is 8.78. The lowest BCUT2D eigenvalue weighted by Crippen LogP contribution is -2.22. The summed E-state index contributed by atoms with van der Waals surface area (Å²) in [6.07, 6.45) is 11.8. The lowest BCUT2D eigenvalue weighted by atomic mass is 9.99. The fraction of sp³-hybridized carbons (Fsp3) is 0.286. The molecule has 3 aliphatic heterocycles. The third-order valence-electron chi connectivity index (χ3n) is 3.12. The number of esters is 1. The topological polar surface area (TPSA) is 41.9 Å². The predicted molar refractivity (Wildman–Crippen MR) is 68.5 cm³/mol. The molecule has 0 amide bonds. The van der Waals surface area contributed by atoms with Crippen LogP contribution in [0.25, 0.3) is 0 Å². The fourth-order valence-corrected chi connectivity index (χ4v) is 2.22. The van der Waals surface area contributed by atoms with Crippen molar-refractivity contribution in [2.24, 2.45) is 4.99 Å². The number of aliphatic imine (C=N–C) groups is 1. The predicted octanol–water partition coefficient (Wildman–Crippen LogP) is 2.28. The Morgan fingerprint density at radius 3 is 3.00 bits per heavy atom. The molecule has 0 spiro atoms. The second kappa shape index (κ2) is 4.29. The third kappa shape index (κ3) is 1.79. The smallest absolute Gasteiger partial charge is 0.357 e. The number of rotatable bonds is 2. The molecule has 0 aromatic carbocycles. The molecule has 4 aliphatic rings. The molecule has 2 bridgehead atoms. The Morgan fingerprint density at radius 2 is 2.28 bits per heavy atom. The van der Waals surface area contributed by atoms with E-state index in [1.54, 1.807) is 13.0 Å². The average Bonchev–Trinajstić information content (AvgIpc) is 2.67. The zero-order valence-electron chi connectivity index (χ0n) is 10.2. The van der Waals surface area contributed by atoms with E-state index in [1.807, 2.05) is 11.1 Å². The van der Waals surface area contributed by atoms with Crippen LogP contribution in [0.15, 0.2) is 52.6 Å². The van der Waals surface area contributed by atoms with Crippen LogP contribution in [0.2, 0.25) is 0 Å². The Kier molecular flexibility index (Phi) is 2.63. The van der Waals surface area contributed by atoms with E-state index in [1.165, 1.54) is 11.1 Å². The maximum atomic E-state index is 11.7. The van der Waals surface area contributed by atoms with Crippen LogP contribution in [0.3, 0.4) is 0 Å². The van der Waals surface area contributed by atoms with Crippen molar-refractivity contribution in [2.45, 2.75) is 19.8 Å². The SMILES string of the molecule is CCOC(=O)C1=NC2=C3C=CC(=CN2C=C1)CC3. The van der Waals surface area contributed by atoms with Gasteiger partial charge in [-0.25, -0.2) is 9.79 Å². The fourth-order valence-electron chi connectivity index (χ4n) is 2.22. The Balaban J connectivity index is 1.99. The van der Waals surface area contributed by atoms with E-state index in [0.717, 1.165) is 18.7 Å². The number of ether oxygens (including phenoxy) is 1. The van der Waals surface area contributed by atoms with Crippen LogP contribution in [-0.4, -0.2) is 23.2 Å². The van der Waals surface area contributed by atoms with Crippen LogP contribution in [0.5, 0.6) is 0 Å². The van der Waals surface area contributed by atoms with Gasteiger partial charge in [0.1, 0.15) is 5.82 Å². The molecule has 18 heavy (non-hydrogen) atoms. The third-order valence-corrected chi connectivity index (χ3v) is 3.12. The van der Waals surface area contributed by atoms with Crippen LogP contribution in [0.4, 0.5) is 0 Å². The molecule has 0 unspecified atom stereocenters. The summed E-state index contributed by atoms with van der Waals surface area (Å²) in [5.74, 6) is 0.473. The summed E-state index contributed by atoms with van der Waals surface area (Å²) in [4.78, 5) is 18.1. The van der Waals surface area contributed by atoms with Crippen LogP contribution in [0.1, 0.15) is 19.8 Å². The molecular weight excluding hydrogens is 228 g/mol. The number of carbonyl (C=O) groups excluding carboxylic acids is 1. The summed E-state index contributed by atoms with van der Waals surface area (Å²) in [5.41, 5.74) is 2.82. The second-order valence-corrected chi connectivity index (χ2v) is 4.33. The first-order valence-electron chi connectivity index (χ1n) is 6.12. The molecule has 92 valence electrons. The van der Waals surface area contributed by atoms with Gasteiger partial charge in [-0.3, -0.25) is 0 Å². The highest BCUT2D eigenvalue weighted by Gasteiger charge is 2.23. The molecule has 0 aromatic rings. The molecule has 0 fully saturated rings. The van der Waals surface area contributed by atoms with Gasteiger partial charge in [0.2, 0.25) is 0 Å². The minimum Gasteiger partial charge on any atom is -0.461 e. The lowest BCUT2D eigenvalue weighted by molar-refractivity contribution is -0.134. The van der Waals surface area contributed by atoms with Crippen LogP contribution in [0, 0.1) is 0 Å². The second-order valence-electron chi connectivity index (χ2n) is 4.33. The minimum atomic E-state index is -0.364. The van der Waals surface area contributed by atoms with Crippen LogP contribution in [-0.2, 0) is 9.53 Å². The van der Waals surface area contributed by atoms with E-state index >= 15 is 0 Å². The zero-order chi connectivity index (χ0) is 12.5. The van der Waals surface area contributed by atoms with E-state index in [-0.39, 0.29) is 5.97 Å². The molecule has 4 heteroatoms. The number of allylic oxidation sites excluding steroid dienone is 4. The summed E-state index contributed by atoms with van der Waals surface area (Å²) >= 11 is 0. The summed E-state index contributed by atoms with van der Waals surface area (Å²) in [6, 6.07) is 0. The summed E-state index contributed by atoms with van der Waals surface area (Å²) in [7, 11) is 0. The Labute approximate surface area is 106 Å². The molecule has 4 nitrogen and oxygen atoms in total. The zero-order valence-corrected chi connectivity index (χ0v) is 10.2. The van der Waals surface area contributed by atoms with Crippen molar-refractivity contribution in [3.8, 4) is 0 Å². The van der Waals surface area contributed by atoms with Gasteiger partial charge < -0.3 is 9.64 Å². The maximum Gasteiger partial charge on any atom is 0.357 e. The first-order valence-corrected chi connectivity index (χ1v) is 6.12. The van der Waals surface area contributed by atoms with Gasteiger partial charge in [0, 0.05) is 12.4 Å². The van der Waals surface area contributed by atoms with Crippen molar-refractivity contribution < 1.29 is 9.53 Å². The minimum absolute atomic E-state index is 0.364. The highest BCUT2D eigenvalue weighted by atomic mass is 16.5. The van der Waals surface area contributed by atoms with Gasteiger partial charge in [0.15, 0.2) is 5.71 Å². The quantitative estimate of drug-likeness (QED) is 0.698. The van der Waals surface area contributed by atoms with E-state index in [0.29, 0.717) is 12.3 Å². The highest BCUT2D eigenvalue weighted by molar-refractivity contribution is 6.41. The monoisotopic (exact) mass is 242 g/mol. The standard InChI is InChI=1S/C14H14N2O2/c1-2-18-14(17)12-7-8-16-9-10-3-5-11(6-4-10)13(16)15-12/h3,5,7-9H,2,4,6H2,1H3. The van der Waals surface area contributed by atoms with Crippen molar-refractivity contribution in [1.29, 1.82) is 0 Å². The van der Waals surface area contributed by atoms with Crippen molar-refractivity contribution in [2.75, 3.05) is 6.61 Å². The molecule has 0 N–H and O–H groups in total. The molecule has 0 saturated heterocycles. The van der Waals surface area contributed by atoms with Gasteiger partial charge >= 0.3 is 5.97 Å². The van der Waals surface area contributed by atoms with Gasteiger partial charge in [-0.1, -0.05) is 12.2 Å². The molecule has 0 radical (unpaired) electrons. The highest BCUT2D eigenvalue weighted by Crippen LogP contribution is 2.32. The number of fused-ring (bicyclic) bond motifs is 1. The largest absolute Gasteiger partial charge is 0.461 e. The number of carbonyl (C=O) groups is 1. The molecule has 0 saturated carbocycles. The molecule has 0 aromatic heterocycles. The van der Waals surface area contributed by atoms with Crippen molar-refractivity contribution in [3.05, 3.63) is 47.6 Å². The van der Waals surface area contributed by atoms with Crippen molar-refractivity contribution in [1.82, 2.24) is 4.90 Å². The van der Waals surface area contributed by atoms with Crippen LogP contribution >= 0.6 is 0 Å². The number of nitrogens with zero attached hydrogens (tertiary/aromatic N) is 2. The molecule has 4 rings (SSSR count). The molecular formula is C14H14N2O2. The average molecular weight is 242 g/mol. The Hall–Kier alpha value is -2.10. The summed E-state index contributed by atoms with van der Waals surface area (Å²) in [5, 5.41) is 0. The Morgan fingerprint density at radius 1 is 1.39 bits per heavy atom. The summed E-state index contributed by atoms with van der Waals surface area (Å²) in [6.45, 7) is 2.16. The van der Waals surface area contributed by atoms with E-state index in [2.05, 4.69) is 23.3 Å². The van der Waals surface area contributed by atoms with E-state index in [9.17, 15) is 4.79 Å². The van der Waals surface area contributed by atoms with E-state index in [4.69, 9.17) is 4.74 Å². The van der Waals surface area contributed by atoms with Gasteiger partial charge in [-0.2, -0.15) is 0 Å². The van der Waals surface area contributed by atoms with Crippen molar-refractivity contribution in [3.63, 3.8) is 0 Å². The molecule has 3 heterocycles. The van der Waals surface area contributed by atoms with Gasteiger partial charge in [-0.05, 0) is 37.0 Å². The van der Waals surface area contributed by atoms with Gasteiger partial charge in [0.05, 0.1) is 6.61 Å². The Bertz CT molecular complexity index is 550. The molecule has 0 atom stereocenters. The van der Waals surface area contributed by atoms with E-state index < -0.39 is 0 Å².